The zero-order valence-electron chi connectivity index (χ0n) is 9.68. The molecule has 3 heteroatoms. The van der Waals surface area contributed by atoms with Crippen LogP contribution in [0.3, 0.4) is 0 Å². The highest BCUT2D eigenvalue weighted by molar-refractivity contribution is 6.30. The topological polar surface area (TPSA) is 16.1 Å². The summed E-state index contributed by atoms with van der Waals surface area (Å²) in [6.07, 6.45) is 4.06. The quantitative estimate of drug-likeness (QED) is 0.689. The van der Waals surface area contributed by atoms with Crippen molar-refractivity contribution in [2.75, 3.05) is 5.32 Å². The Kier molecular flexibility index (Phi) is 2.87. The van der Waals surface area contributed by atoms with E-state index in [4.69, 9.17) is 11.6 Å². The average molecular weight is 256 g/mol. The van der Waals surface area contributed by atoms with Crippen molar-refractivity contribution in [3.63, 3.8) is 0 Å². The lowest BCUT2D eigenvalue weighted by molar-refractivity contribution is -0.511. The standard InChI is InChI=1S/C15H11ClN2/c16-12-4-6-13(7-5-12)17-14-8-10-18-9-2-1-3-15(18)11-14/h1-11H/p+1. The first-order chi connectivity index (χ1) is 8.81. The summed E-state index contributed by atoms with van der Waals surface area (Å²) in [5.41, 5.74) is 3.24. The number of fused-ring (bicyclic) bond motifs is 1. The van der Waals surface area contributed by atoms with Gasteiger partial charge in [-0.25, -0.2) is 0 Å². The summed E-state index contributed by atoms with van der Waals surface area (Å²) in [5.74, 6) is 0. The molecule has 0 aliphatic rings. The smallest absolute Gasteiger partial charge is 0.212 e. The van der Waals surface area contributed by atoms with Crippen molar-refractivity contribution < 1.29 is 4.40 Å². The van der Waals surface area contributed by atoms with Crippen molar-refractivity contribution in [1.29, 1.82) is 0 Å². The molecule has 88 valence electrons. The van der Waals surface area contributed by atoms with E-state index in [2.05, 4.69) is 21.9 Å². The maximum Gasteiger partial charge on any atom is 0.212 e. The summed E-state index contributed by atoms with van der Waals surface area (Å²) in [6, 6.07) is 17.9. The summed E-state index contributed by atoms with van der Waals surface area (Å²) in [7, 11) is 0. The molecule has 2 heterocycles. The van der Waals surface area contributed by atoms with Crippen LogP contribution in [-0.2, 0) is 0 Å². The van der Waals surface area contributed by atoms with Gasteiger partial charge in [0, 0.05) is 35.0 Å². The molecule has 0 saturated heterocycles. The first-order valence-electron chi connectivity index (χ1n) is 5.74. The van der Waals surface area contributed by atoms with Crippen LogP contribution in [0.15, 0.2) is 67.0 Å². The lowest BCUT2D eigenvalue weighted by Gasteiger charge is -2.05. The number of aromatic nitrogens is 1. The van der Waals surface area contributed by atoms with Crippen LogP contribution in [0.1, 0.15) is 0 Å². The SMILES string of the molecule is Clc1ccc(Nc2cc[n+]3ccccc3c2)cc1. The summed E-state index contributed by atoms with van der Waals surface area (Å²) in [4.78, 5) is 0. The van der Waals surface area contributed by atoms with Gasteiger partial charge >= 0.3 is 0 Å². The molecule has 3 aromatic rings. The molecule has 0 amide bonds. The predicted octanol–water partition coefficient (Wildman–Crippen LogP) is 3.82. The maximum atomic E-state index is 5.86. The van der Waals surface area contributed by atoms with Crippen LogP contribution in [0.4, 0.5) is 11.4 Å². The fourth-order valence-electron chi connectivity index (χ4n) is 1.87. The lowest BCUT2D eigenvalue weighted by atomic mass is 10.2. The predicted molar refractivity (Wildman–Crippen MR) is 74.3 cm³/mol. The van der Waals surface area contributed by atoms with Gasteiger partial charge < -0.3 is 5.32 Å². The number of pyridine rings is 2. The van der Waals surface area contributed by atoms with Crippen LogP contribution in [0.5, 0.6) is 0 Å². The second-order valence-electron chi connectivity index (χ2n) is 4.08. The number of benzene rings is 1. The molecule has 0 bridgehead atoms. The number of anilines is 2. The van der Waals surface area contributed by atoms with Gasteiger partial charge in [0.05, 0.1) is 5.69 Å². The molecule has 0 aliphatic carbocycles. The van der Waals surface area contributed by atoms with Gasteiger partial charge in [0.15, 0.2) is 12.4 Å². The Morgan fingerprint density at radius 3 is 2.50 bits per heavy atom. The average Bonchev–Trinajstić information content (AvgIpc) is 2.41. The van der Waals surface area contributed by atoms with Gasteiger partial charge in [0.2, 0.25) is 5.52 Å². The summed E-state index contributed by atoms with van der Waals surface area (Å²) >= 11 is 5.86. The second kappa shape index (κ2) is 4.67. The summed E-state index contributed by atoms with van der Waals surface area (Å²) in [6.45, 7) is 0. The Labute approximate surface area is 110 Å². The van der Waals surface area contributed by atoms with Crippen molar-refractivity contribution >= 4 is 28.5 Å². The fourth-order valence-corrected chi connectivity index (χ4v) is 2.00. The molecule has 0 atom stereocenters. The van der Waals surface area contributed by atoms with Crippen LogP contribution in [0.2, 0.25) is 5.02 Å². The summed E-state index contributed by atoms with van der Waals surface area (Å²) in [5, 5.41) is 4.10. The van der Waals surface area contributed by atoms with Crippen LogP contribution in [0, 0.1) is 0 Å². The Hall–Kier alpha value is -2.06. The van der Waals surface area contributed by atoms with Crippen LogP contribution < -0.4 is 9.72 Å². The van der Waals surface area contributed by atoms with Crippen LogP contribution >= 0.6 is 11.6 Å². The minimum absolute atomic E-state index is 0.745. The first-order valence-corrected chi connectivity index (χ1v) is 6.12. The molecular formula is C15H12ClN2+. The van der Waals surface area contributed by atoms with E-state index in [9.17, 15) is 0 Å². The van der Waals surface area contributed by atoms with Crippen molar-refractivity contribution in [2.45, 2.75) is 0 Å². The molecule has 0 aliphatic heterocycles. The molecule has 0 unspecified atom stereocenters. The molecular weight excluding hydrogens is 244 g/mol. The normalized spacial score (nSPS) is 10.5. The lowest BCUT2D eigenvalue weighted by Crippen LogP contribution is -2.19. The van der Waals surface area contributed by atoms with Gasteiger partial charge in [-0.1, -0.05) is 11.6 Å². The van der Waals surface area contributed by atoms with Crippen LogP contribution in [-0.4, -0.2) is 0 Å². The van der Waals surface area contributed by atoms with E-state index >= 15 is 0 Å². The van der Waals surface area contributed by atoms with E-state index in [1.165, 1.54) is 0 Å². The van der Waals surface area contributed by atoms with Gasteiger partial charge in [0.1, 0.15) is 0 Å². The molecule has 3 rings (SSSR count). The highest BCUT2D eigenvalue weighted by Crippen LogP contribution is 2.18. The third-order valence-electron chi connectivity index (χ3n) is 2.77. The molecule has 0 radical (unpaired) electrons. The number of halogens is 1. The van der Waals surface area contributed by atoms with Crippen molar-refractivity contribution in [3.8, 4) is 0 Å². The molecule has 18 heavy (non-hydrogen) atoms. The number of hydrogen-bond acceptors (Lipinski definition) is 1. The Balaban J connectivity index is 1.92. The monoisotopic (exact) mass is 255 g/mol. The molecule has 0 saturated carbocycles. The van der Waals surface area contributed by atoms with E-state index in [-0.39, 0.29) is 0 Å². The van der Waals surface area contributed by atoms with Crippen molar-refractivity contribution in [1.82, 2.24) is 0 Å². The zero-order chi connectivity index (χ0) is 12.4. The zero-order valence-corrected chi connectivity index (χ0v) is 10.4. The number of nitrogens with one attached hydrogen (secondary N) is 1. The number of nitrogens with zero attached hydrogens (tertiary/aromatic N) is 1. The van der Waals surface area contributed by atoms with E-state index in [1.807, 2.05) is 54.9 Å². The largest absolute Gasteiger partial charge is 0.355 e. The third kappa shape index (κ3) is 2.29. The molecule has 0 spiro atoms. The molecule has 0 fully saturated rings. The Morgan fingerprint density at radius 1 is 0.833 bits per heavy atom. The van der Waals surface area contributed by atoms with Gasteiger partial charge in [-0.15, -0.1) is 0 Å². The van der Waals surface area contributed by atoms with E-state index < -0.39 is 0 Å². The third-order valence-corrected chi connectivity index (χ3v) is 3.03. The second-order valence-corrected chi connectivity index (χ2v) is 4.52. The fraction of sp³-hybridized carbons (Fsp3) is 0. The van der Waals surface area contributed by atoms with Gasteiger partial charge in [0.25, 0.3) is 0 Å². The van der Waals surface area contributed by atoms with Crippen molar-refractivity contribution in [2.24, 2.45) is 0 Å². The first kappa shape index (κ1) is 11.1. The maximum absolute atomic E-state index is 5.86. The highest BCUT2D eigenvalue weighted by Gasteiger charge is 2.02. The Bertz CT molecular complexity index is 677. The molecule has 2 nitrogen and oxygen atoms in total. The Morgan fingerprint density at radius 2 is 1.67 bits per heavy atom. The number of hydrogen-bond donors (Lipinski definition) is 1. The van der Waals surface area contributed by atoms with Crippen LogP contribution in [0.25, 0.3) is 5.52 Å². The van der Waals surface area contributed by atoms with Gasteiger partial charge in [-0.3, -0.25) is 0 Å². The van der Waals surface area contributed by atoms with Crippen molar-refractivity contribution in [3.05, 3.63) is 72.0 Å². The molecule has 2 aromatic heterocycles. The minimum Gasteiger partial charge on any atom is -0.355 e. The van der Waals surface area contributed by atoms with E-state index in [0.717, 1.165) is 21.9 Å². The molecule has 1 aromatic carbocycles. The highest BCUT2D eigenvalue weighted by atomic mass is 35.5. The van der Waals surface area contributed by atoms with E-state index in [1.54, 1.807) is 0 Å². The minimum atomic E-state index is 0.745. The summed E-state index contributed by atoms with van der Waals surface area (Å²) < 4.78 is 2.08. The van der Waals surface area contributed by atoms with E-state index in [0.29, 0.717) is 0 Å². The number of rotatable bonds is 2. The van der Waals surface area contributed by atoms with Gasteiger partial charge in [-0.2, -0.15) is 4.40 Å². The molecule has 1 N–H and O–H groups in total. The van der Waals surface area contributed by atoms with Gasteiger partial charge in [-0.05, 0) is 30.3 Å².